The van der Waals surface area contributed by atoms with Crippen molar-refractivity contribution in [2.75, 3.05) is 13.2 Å². The van der Waals surface area contributed by atoms with Crippen LogP contribution in [0.25, 0.3) is 22.4 Å². The SMILES string of the molecule is Cc1ccc(-c2nc(Cl)nc3c2ncn3C2CCOCC2)cn1. The van der Waals surface area contributed by atoms with Gasteiger partial charge in [0.25, 0.3) is 0 Å². The van der Waals surface area contributed by atoms with Crippen LogP contribution < -0.4 is 0 Å². The van der Waals surface area contributed by atoms with Crippen LogP contribution in [0.3, 0.4) is 0 Å². The van der Waals surface area contributed by atoms with Crippen LogP contribution in [0.4, 0.5) is 0 Å². The molecule has 7 heteroatoms. The highest BCUT2D eigenvalue weighted by Crippen LogP contribution is 2.30. The number of nitrogens with zero attached hydrogens (tertiary/aromatic N) is 5. The molecule has 118 valence electrons. The van der Waals surface area contributed by atoms with Crippen LogP contribution in [-0.2, 0) is 4.74 Å². The number of aromatic nitrogens is 5. The first-order chi connectivity index (χ1) is 11.2. The van der Waals surface area contributed by atoms with Gasteiger partial charge in [-0.1, -0.05) is 0 Å². The fourth-order valence-electron chi connectivity index (χ4n) is 2.93. The molecule has 1 aliphatic rings. The molecular weight excluding hydrogens is 314 g/mol. The summed E-state index contributed by atoms with van der Waals surface area (Å²) in [5.74, 6) is 0. The van der Waals surface area contributed by atoms with Crippen molar-refractivity contribution in [2.24, 2.45) is 0 Å². The van der Waals surface area contributed by atoms with Crippen LogP contribution in [0.2, 0.25) is 5.28 Å². The summed E-state index contributed by atoms with van der Waals surface area (Å²) in [5, 5.41) is 0.224. The van der Waals surface area contributed by atoms with Gasteiger partial charge in [-0.25, -0.2) is 9.97 Å². The Bertz CT molecular complexity index is 840. The Morgan fingerprint density at radius 1 is 1.17 bits per heavy atom. The molecule has 0 radical (unpaired) electrons. The van der Waals surface area contributed by atoms with E-state index in [1.165, 1.54) is 0 Å². The molecule has 0 unspecified atom stereocenters. The minimum atomic E-state index is 0.224. The van der Waals surface area contributed by atoms with Crippen LogP contribution in [0.15, 0.2) is 24.7 Å². The minimum Gasteiger partial charge on any atom is -0.381 e. The lowest BCUT2D eigenvalue weighted by Gasteiger charge is -2.23. The molecule has 0 amide bonds. The van der Waals surface area contributed by atoms with Crippen LogP contribution >= 0.6 is 11.6 Å². The van der Waals surface area contributed by atoms with Gasteiger partial charge >= 0.3 is 0 Å². The molecule has 0 saturated carbocycles. The van der Waals surface area contributed by atoms with E-state index < -0.39 is 0 Å². The predicted molar refractivity (Wildman–Crippen MR) is 87.4 cm³/mol. The molecule has 3 aromatic rings. The van der Waals surface area contributed by atoms with Crippen LogP contribution in [0.5, 0.6) is 0 Å². The Morgan fingerprint density at radius 2 is 2.00 bits per heavy atom. The summed E-state index contributed by atoms with van der Waals surface area (Å²) in [4.78, 5) is 17.7. The third-order valence-electron chi connectivity index (χ3n) is 4.16. The van der Waals surface area contributed by atoms with Crippen molar-refractivity contribution in [1.82, 2.24) is 24.5 Å². The number of pyridine rings is 1. The monoisotopic (exact) mass is 329 g/mol. The van der Waals surface area contributed by atoms with E-state index in [9.17, 15) is 0 Å². The first kappa shape index (κ1) is 14.5. The summed E-state index contributed by atoms with van der Waals surface area (Å²) in [7, 11) is 0. The standard InChI is InChI=1S/C16H16ClN5O/c1-10-2-3-11(8-18-10)13-14-15(21-16(17)20-13)22(9-19-14)12-4-6-23-7-5-12/h2-3,8-9,12H,4-7H2,1H3. The highest BCUT2D eigenvalue weighted by molar-refractivity contribution is 6.28. The lowest BCUT2D eigenvalue weighted by molar-refractivity contribution is 0.0704. The summed E-state index contributed by atoms with van der Waals surface area (Å²) in [5.41, 5.74) is 4.09. The maximum absolute atomic E-state index is 6.16. The molecule has 0 aromatic carbocycles. The Kier molecular flexibility index (Phi) is 3.71. The number of hydrogen-bond donors (Lipinski definition) is 0. The minimum absolute atomic E-state index is 0.224. The largest absolute Gasteiger partial charge is 0.381 e. The Morgan fingerprint density at radius 3 is 2.74 bits per heavy atom. The zero-order valence-electron chi connectivity index (χ0n) is 12.7. The fourth-order valence-corrected chi connectivity index (χ4v) is 3.09. The van der Waals surface area contributed by atoms with Gasteiger partial charge in [0.2, 0.25) is 5.28 Å². The summed E-state index contributed by atoms with van der Waals surface area (Å²) in [6.45, 7) is 3.47. The number of halogens is 1. The molecule has 6 nitrogen and oxygen atoms in total. The molecule has 23 heavy (non-hydrogen) atoms. The third kappa shape index (κ3) is 2.68. The van der Waals surface area contributed by atoms with Crippen molar-refractivity contribution in [2.45, 2.75) is 25.8 Å². The topological polar surface area (TPSA) is 65.7 Å². The summed E-state index contributed by atoms with van der Waals surface area (Å²) in [6, 6.07) is 4.27. The second kappa shape index (κ2) is 5.86. The molecule has 1 aliphatic heterocycles. The number of fused-ring (bicyclic) bond motifs is 1. The Balaban J connectivity index is 1.86. The van der Waals surface area contributed by atoms with Gasteiger partial charge in [0.15, 0.2) is 5.65 Å². The van der Waals surface area contributed by atoms with E-state index in [-0.39, 0.29) is 5.28 Å². The zero-order chi connectivity index (χ0) is 15.8. The van der Waals surface area contributed by atoms with Crippen molar-refractivity contribution >= 4 is 22.8 Å². The molecule has 0 atom stereocenters. The number of ether oxygens (including phenoxy) is 1. The molecule has 4 heterocycles. The predicted octanol–water partition coefficient (Wildman–Crippen LogP) is 3.20. The van der Waals surface area contributed by atoms with E-state index in [1.807, 2.05) is 25.4 Å². The summed E-state index contributed by atoms with van der Waals surface area (Å²) in [6.07, 6.45) is 5.53. The van der Waals surface area contributed by atoms with E-state index >= 15 is 0 Å². The number of rotatable bonds is 2. The van der Waals surface area contributed by atoms with Gasteiger partial charge < -0.3 is 9.30 Å². The van der Waals surface area contributed by atoms with Crippen molar-refractivity contribution in [1.29, 1.82) is 0 Å². The van der Waals surface area contributed by atoms with E-state index in [2.05, 4.69) is 24.5 Å². The van der Waals surface area contributed by atoms with Gasteiger partial charge in [-0.3, -0.25) is 4.98 Å². The second-order valence-electron chi connectivity index (χ2n) is 5.70. The molecule has 0 spiro atoms. The molecule has 1 fully saturated rings. The van der Waals surface area contributed by atoms with Gasteiger partial charge in [-0.05, 0) is 43.5 Å². The summed E-state index contributed by atoms with van der Waals surface area (Å²) < 4.78 is 7.53. The van der Waals surface area contributed by atoms with Crippen molar-refractivity contribution in [3.8, 4) is 11.3 Å². The molecule has 3 aromatic heterocycles. The van der Waals surface area contributed by atoms with Gasteiger partial charge in [0, 0.05) is 36.7 Å². The zero-order valence-corrected chi connectivity index (χ0v) is 13.5. The van der Waals surface area contributed by atoms with Crippen LogP contribution in [-0.4, -0.2) is 37.7 Å². The van der Waals surface area contributed by atoms with Gasteiger partial charge in [0.05, 0.1) is 6.33 Å². The van der Waals surface area contributed by atoms with Crippen molar-refractivity contribution in [3.63, 3.8) is 0 Å². The van der Waals surface area contributed by atoms with Crippen LogP contribution in [0, 0.1) is 6.92 Å². The number of aryl methyl sites for hydroxylation is 1. The van der Waals surface area contributed by atoms with E-state index in [1.54, 1.807) is 6.20 Å². The average Bonchev–Trinajstić information content (AvgIpc) is 2.99. The van der Waals surface area contributed by atoms with Gasteiger partial charge in [-0.15, -0.1) is 0 Å². The van der Waals surface area contributed by atoms with E-state index in [0.717, 1.165) is 54.2 Å². The quantitative estimate of drug-likeness (QED) is 0.675. The molecule has 0 bridgehead atoms. The average molecular weight is 330 g/mol. The maximum Gasteiger partial charge on any atom is 0.225 e. The lowest BCUT2D eigenvalue weighted by Crippen LogP contribution is -2.19. The van der Waals surface area contributed by atoms with E-state index in [0.29, 0.717) is 6.04 Å². The Labute approximate surface area is 138 Å². The highest BCUT2D eigenvalue weighted by atomic mass is 35.5. The summed E-state index contributed by atoms with van der Waals surface area (Å²) >= 11 is 6.16. The Hall–Kier alpha value is -2.05. The van der Waals surface area contributed by atoms with Crippen molar-refractivity contribution < 1.29 is 4.74 Å². The molecule has 1 saturated heterocycles. The molecule has 0 aliphatic carbocycles. The van der Waals surface area contributed by atoms with Crippen molar-refractivity contribution in [3.05, 3.63) is 35.6 Å². The molecule has 4 rings (SSSR count). The number of hydrogen-bond acceptors (Lipinski definition) is 5. The fraction of sp³-hybridized carbons (Fsp3) is 0.375. The first-order valence-electron chi connectivity index (χ1n) is 7.63. The van der Waals surface area contributed by atoms with E-state index in [4.69, 9.17) is 16.3 Å². The maximum atomic E-state index is 6.16. The molecular formula is C16H16ClN5O. The molecule has 0 N–H and O–H groups in total. The normalized spacial score (nSPS) is 16.1. The second-order valence-corrected chi connectivity index (χ2v) is 6.04. The van der Waals surface area contributed by atoms with Crippen LogP contribution in [0.1, 0.15) is 24.6 Å². The van der Waals surface area contributed by atoms with Gasteiger partial charge in [0.1, 0.15) is 11.2 Å². The lowest BCUT2D eigenvalue weighted by atomic mass is 10.1. The number of imidazole rings is 1. The third-order valence-corrected chi connectivity index (χ3v) is 4.33. The highest BCUT2D eigenvalue weighted by Gasteiger charge is 2.21. The smallest absolute Gasteiger partial charge is 0.225 e. The first-order valence-corrected chi connectivity index (χ1v) is 8.01. The van der Waals surface area contributed by atoms with Gasteiger partial charge in [-0.2, -0.15) is 4.98 Å².